The minimum absolute atomic E-state index is 0.217. The summed E-state index contributed by atoms with van der Waals surface area (Å²) in [4.78, 5) is 5.26. The van der Waals surface area contributed by atoms with E-state index in [0.717, 1.165) is 24.9 Å². The fraction of sp³-hybridized carbons (Fsp3) is 0.500. The quantitative estimate of drug-likeness (QED) is 0.527. The Morgan fingerprint density at radius 2 is 1.87 bits per heavy atom. The molecule has 0 spiro atoms. The lowest BCUT2D eigenvalue weighted by atomic mass is 10.2. The highest BCUT2D eigenvalue weighted by atomic mass is 19.1. The van der Waals surface area contributed by atoms with Gasteiger partial charge in [-0.3, -0.25) is 9.23 Å². The molecule has 15 heavy (non-hydrogen) atoms. The third kappa shape index (κ3) is 6.20. The maximum atomic E-state index is 11.7. The fourth-order valence-corrected chi connectivity index (χ4v) is 1.25. The molecule has 1 aromatic rings. The van der Waals surface area contributed by atoms with Crippen LogP contribution in [0, 0.1) is 0 Å². The van der Waals surface area contributed by atoms with E-state index < -0.39 is 0 Å². The average molecular weight is 211 g/mol. The van der Waals surface area contributed by atoms with Crippen molar-refractivity contribution in [1.82, 2.24) is 5.48 Å². The molecule has 3 heteroatoms. The predicted octanol–water partition coefficient (Wildman–Crippen LogP) is 2.85. The van der Waals surface area contributed by atoms with Gasteiger partial charge >= 0.3 is 0 Å². The van der Waals surface area contributed by atoms with E-state index in [2.05, 4.69) is 5.48 Å². The van der Waals surface area contributed by atoms with Gasteiger partial charge in [0.2, 0.25) is 0 Å². The zero-order chi connectivity index (χ0) is 10.8. The Morgan fingerprint density at radius 1 is 1.07 bits per heavy atom. The average Bonchev–Trinajstić information content (AvgIpc) is 2.29. The van der Waals surface area contributed by atoms with E-state index in [1.54, 1.807) is 0 Å². The molecule has 0 fully saturated rings. The van der Waals surface area contributed by atoms with Crippen LogP contribution in [-0.4, -0.2) is 13.2 Å². The van der Waals surface area contributed by atoms with Crippen molar-refractivity contribution in [1.29, 1.82) is 0 Å². The van der Waals surface area contributed by atoms with Crippen molar-refractivity contribution < 1.29 is 9.23 Å². The third-order valence-corrected chi connectivity index (χ3v) is 2.10. The van der Waals surface area contributed by atoms with E-state index in [9.17, 15) is 4.39 Å². The molecule has 0 atom stereocenters. The van der Waals surface area contributed by atoms with E-state index in [1.807, 2.05) is 30.3 Å². The molecule has 1 aromatic carbocycles. The number of benzene rings is 1. The van der Waals surface area contributed by atoms with Crippen LogP contribution in [0.1, 0.15) is 24.8 Å². The highest BCUT2D eigenvalue weighted by Gasteiger charge is 1.91. The van der Waals surface area contributed by atoms with Crippen LogP contribution >= 0.6 is 0 Å². The predicted molar refractivity (Wildman–Crippen MR) is 59.1 cm³/mol. The van der Waals surface area contributed by atoms with Gasteiger partial charge in [-0.2, -0.15) is 0 Å². The van der Waals surface area contributed by atoms with Gasteiger partial charge in [-0.25, -0.2) is 5.48 Å². The van der Waals surface area contributed by atoms with Gasteiger partial charge in [-0.1, -0.05) is 30.3 Å². The molecule has 1 N–H and O–H groups in total. The molecule has 84 valence electrons. The molecule has 0 amide bonds. The first kappa shape index (κ1) is 12.1. The number of hydrogen-bond donors (Lipinski definition) is 1. The van der Waals surface area contributed by atoms with Crippen molar-refractivity contribution in [3.05, 3.63) is 35.9 Å². The Morgan fingerprint density at radius 3 is 2.60 bits per heavy atom. The monoisotopic (exact) mass is 211 g/mol. The number of unbranched alkanes of at least 4 members (excludes halogenated alkanes) is 2. The summed E-state index contributed by atoms with van der Waals surface area (Å²) in [7, 11) is 0. The maximum Gasteiger partial charge on any atom is 0.0933 e. The van der Waals surface area contributed by atoms with Crippen molar-refractivity contribution in [2.24, 2.45) is 0 Å². The lowest BCUT2D eigenvalue weighted by Gasteiger charge is -2.05. The number of hydroxylamine groups is 1. The van der Waals surface area contributed by atoms with Crippen molar-refractivity contribution >= 4 is 0 Å². The first-order valence-corrected chi connectivity index (χ1v) is 5.38. The van der Waals surface area contributed by atoms with Gasteiger partial charge in [0.1, 0.15) is 0 Å². The molecule has 2 nitrogen and oxygen atoms in total. The molecule has 1 rings (SSSR count). The second kappa shape index (κ2) is 8.38. The number of rotatable bonds is 8. The van der Waals surface area contributed by atoms with E-state index in [0.29, 0.717) is 13.0 Å². The molecule has 0 aliphatic heterocycles. The molecule has 0 heterocycles. The van der Waals surface area contributed by atoms with Crippen LogP contribution in [-0.2, 0) is 11.4 Å². The summed E-state index contributed by atoms with van der Waals surface area (Å²) in [5.74, 6) is 0. The summed E-state index contributed by atoms with van der Waals surface area (Å²) in [6.45, 7) is 1.14. The minimum atomic E-state index is -0.217. The SMILES string of the molecule is FCCCCCNOCc1ccccc1. The summed E-state index contributed by atoms with van der Waals surface area (Å²) in [5.41, 5.74) is 4.02. The van der Waals surface area contributed by atoms with E-state index in [1.165, 1.54) is 0 Å². The zero-order valence-electron chi connectivity index (χ0n) is 8.92. The van der Waals surface area contributed by atoms with Crippen molar-refractivity contribution in [3.8, 4) is 0 Å². The highest BCUT2D eigenvalue weighted by Crippen LogP contribution is 1.99. The Kier molecular flexibility index (Phi) is 6.79. The molecule has 0 aliphatic rings. The number of halogens is 1. The van der Waals surface area contributed by atoms with Crippen LogP contribution in [0.4, 0.5) is 4.39 Å². The van der Waals surface area contributed by atoms with Crippen molar-refractivity contribution in [2.45, 2.75) is 25.9 Å². The van der Waals surface area contributed by atoms with Gasteiger partial charge in [0.15, 0.2) is 0 Å². The second-order valence-electron chi connectivity index (χ2n) is 3.42. The molecule has 0 saturated carbocycles. The van der Waals surface area contributed by atoms with Crippen molar-refractivity contribution in [2.75, 3.05) is 13.2 Å². The van der Waals surface area contributed by atoms with Crippen molar-refractivity contribution in [3.63, 3.8) is 0 Å². The van der Waals surface area contributed by atoms with Crippen LogP contribution < -0.4 is 5.48 Å². The third-order valence-electron chi connectivity index (χ3n) is 2.10. The number of nitrogens with one attached hydrogen (secondary N) is 1. The van der Waals surface area contributed by atoms with Crippen LogP contribution in [0.2, 0.25) is 0 Å². The Labute approximate surface area is 90.4 Å². The van der Waals surface area contributed by atoms with E-state index in [4.69, 9.17) is 4.84 Å². The summed E-state index contributed by atoms with van der Waals surface area (Å²) in [5, 5.41) is 0. The smallest absolute Gasteiger partial charge is 0.0933 e. The molecule has 0 saturated heterocycles. The molecular formula is C12H18FNO. The largest absolute Gasteiger partial charge is 0.297 e. The molecule has 0 unspecified atom stereocenters. The summed E-state index contributed by atoms with van der Waals surface area (Å²) in [6, 6.07) is 9.99. The van der Waals surface area contributed by atoms with Gasteiger partial charge in [0.25, 0.3) is 0 Å². The van der Waals surface area contributed by atoms with Gasteiger partial charge < -0.3 is 0 Å². The first-order valence-electron chi connectivity index (χ1n) is 5.38. The van der Waals surface area contributed by atoms with Crippen LogP contribution in [0.5, 0.6) is 0 Å². The van der Waals surface area contributed by atoms with Gasteiger partial charge in [0.05, 0.1) is 13.3 Å². The molecular weight excluding hydrogens is 193 g/mol. The topological polar surface area (TPSA) is 21.3 Å². The van der Waals surface area contributed by atoms with Gasteiger partial charge in [-0.15, -0.1) is 0 Å². The number of hydrogen-bond acceptors (Lipinski definition) is 2. The molecule has 0 aliphatic carbocycles. The molecule has 0 bridgehead atoms. The summed E-state index contributed by atoms with van der Waals surface area (Å²) >= 11 is 0. The van der Waals surface area contributed by atoms with E-state index >= 15 is 0 Å². The minimum Gasteiger partial charge on any atom is -0.297 e. The lowest BCUT2D eigenvalue weighted by Crippen LogP contribution is -2.15. The highest BCUT2D eigenvalue weighted by molar-refractivity contribution is 5.13. The lowest BCUT2D eigenvalue weighted by molar-refractivity contribution is 0.0272. The normalized spacial score (nSPS) is 10.5. The zero-order valence-corrected chi connectivity index (χ0v) is 8.92. The Balaban J connectivity index is 1.93. The maximum absolute atomic E-state index is 11.7. The van der Waals surface area contributed by atoms with E-state index in [-0.39, 0.29) is 6.67 Å². The van der Waals surface area contributed by atoms with Crippen LogP contribution in [0.15, 0.2) is 30.3 Å². The summed E-state index contributed by atoms with van der Waals surface area (Å²) in [6.07, 6.45) is 2.53. The molecule has 0 aromatic heterocycles. The van der Waals surface area contributed by atoms with Crippen LogP contribution in [0.25, 0.3) is 0 Å². The fourth-order valence-electron chi connectivity index (χ4n) is 1.25. The number of alkyl halides is 1. The second-order valence-corrected chi connectivity index (χ2v) is 3.42. The first-order chi connectivity index (χ1) is 7.43. The van der Waals surface area contributed by atoms with Crippen LogP contribution in [0.3, 0.4) is 0 Å². The Bertz CT molecular complexity index is 241. The molecule has 0 radical (unpaired) electrons. The summed E-state index contributed by atoms with van der Waals surface area (Å²) < 4.78 is 11.7. The Hall–Kier alpha value is -0.930. The standard InChI is InChI=1S/C12H18FNO/c13-9-5-2-6-10-14-15-11-12-7-3-1-4-8-12/h1,3-4,7-8,14H,2,5-6,9-11H2. The van der Waals surface area contributed by atoms with Gasteiger partial charge in [-0.05, 0) is 24.8 Å². The van der Waals surface area contributed by atoms with Gasteiger partial charge in [0, 0.05) is 6.54 Å².